The van der Waals surface area contributed by atoms with Crippen molar-refractivity contribution in [2.45, 2.75) is 108 Å². The lowest BCUT2D eigenvalue weighted by Gasteiger charge is -2.42. The van der Waals surface area contributed by atoms with Gasteiger partial charge < -0.3 is 23.8 Å². The molecule has 4 aliphatic rings. The van der Waals surface area contributed by atoms with Crippen LogP contribution in [0.25, 0.3) is 32.9 Å². The van der Waals surface area contributed by atoms with E-state index in [1.54, 1.807) is 24.3 Å². The van der Waals surface area contributed by atoms with Gasteiger partial charge in [-0.05, 0) is 82.6 Å². The van der Waals surface area contributed by atoms with Crippen LogP contribution in [0, 0.1) is 11.6 Å². The molecule has 0 N–H and O–H groups in total. The lowest BCUT2D eigenvalue weighted by atomic mass is 9.95. The quantitative estimate of drug-likeness (QED) is 0.0835. The summed E-state index contributed by atoms with van der Waals surface area (Å²) in [6.07, 6.45) is 3.87. The maximum absolute atomic E-state index is 17.3. The first-order valence-electron chi connectivity index (χ1n) is 20.2. The number of carbonyl (C=O) groups excluding carboxylic acids is 1. The minimum Gasteiger partial charge on any atom is -0.468 e. The number of hydrogen-bond donors (Lipinski definition) is 0. The Bertz CT molecular complexity index is 2150. The molecule has 4 aliphatic heterocycles. The fourth-order valence-electron chi connectivity index (χ4n) is 9.02. The van der Waals surface area contributed by atoms with Crippen LogP contribution in [0.15, 0.2) is 36.5 Å². The molecule has 4 aromatic rings. The smallest absolute Gasteiger partial charge is 0.410 e. The average molecular weight is 807 g/mol. The second kappa shape index (κ2) is 15.2. The standard InChI is InChI=1S/C42H53F3N6O5Si/c1-41(2,3)56-40(52)51-28-11-12-29(51)23-49(22-28)38-32-20-46-36(35(45)37(32)47-39(48-38)54-24-42-13-8-14-50(42)21-27(43)19-42)31-18-30(55-25-53-15-16-57(4,5)6)17-26-9-7-10-33(44)34(26)31/h7,9-10,17-18,20,27-29H,8,11-16,19,21-25H2,1-6H3/t27?,28-,29+,42?. The van der Waals surface area contributed by atoms with E-state index in [9.17, 15) is 9.18 Å². The van der Waals surface area contributed by atoms with Gasteiger partial charge in [0.25, 0.3) is 0 Å². The molecular formula is C42H53F3N6O5Si. The highest BCUT2D eigenvalue weighted by Gasteiger charge is 2.50. The largest absolute Gasteiger partial charge is 0.468 e. The van der Waals surface area contributed by atoms with E-state index in [-0.39, 0.29) is 59.7 Å². The Kier molecular flexibility index (Phi) is 10.6. The van der Waals surface area contributed by atoms with Crippen molar-refractivity contribution >= 4 is 41.7 Å². The van der Waals surface area contributed by atoms with E-state index in [2.05, 4.69) is 34.5 Å². The van der Waals surface area contributed by atoms with Crippen LogP contribution < -0.4 is 14.4 Å². The first-order valence-corrected chi connectivity index (χ1v) is 23.9. The minimum atomic E-state index is -1.30. The number of fused-ring (bicyclic) bond motifs is 5. The Hall–Kier alpha value is -4.21. The summed E-state index contributed by atoms with van der Waals surface area (Å²) in [6.45, 7) is 15.1. The molecule has 0 aliphatic carbocycles. The Morgan fingerprint density at radius 1 is 1.04 bits per heavy atom. The molecule has 2 unspecified atom stereocenters. The number of anilines is 1. The minimum absolute atomic E-state index is 0.0130. The van der Waals surface area contributed by atoms with Crippen LogP contribution in [0.3, 0.4) is 0 Å². The molecule has 11 nitrogen and oxygen atoms in total. The van der Waals surface area contributed by atoms with E-state index < -0.39 is 37.0 Å². The van der Waals surface area contributed by atoms with Crippen molar-refractivity contribution < 1.29 is 36.9 Å². The summed E-state index contributed by atoms with van der Waals surface area (Å²) in [5.41, 5.74) is -1.06. The molecule has 0 saturated carbocycles. The molecule has 0 spiro atoms. The number of amides is 1. The molecule has 6 heterocycles. The van der Waals surface area contributed by atoms with Crippen LogP contribution in [0.1, 0.15) is 52.9 Å². The molecule has 8 rings (SSSR count). The van der Waals surface area contributed by atoms with Crippen molar-refractivity contribution in [3.8, 4) is 23.0 Å². The first kappa shape index (κ1) is 39.6. The maximum atomic E-state index is 17.3. The van der Waals surface area contributed by atoms with Gasteiger partial charge >= 0.3 is 12.1 Å². The van der Waals surface area contributed by atoms with E-state index in [1.807, 2.05) is 30.6 Å². The van der Waals surface area contributed by atoms with Gasteiger partial charge in [0.2, 0.25) is 0 Å². The molecule has 2 aromatic heterocycles. The zero-order chi connectivity index (χ0) is 40.3. The number of pyridine rings is 1. The predicted octanol–water partition coefficient (Wildman–Crippen LogP) is 8.36. The molecule has 2 aromatic carbocycles. The van der Waals surface area contributed by atoms with Crippen molar-refractivity contribution in [3.63, 3.8) is 0 Å². The number of halogens is 3. The second-order valence-electron chi connectivity index (χ2n) is 18.3. The van der Waals surface area contributed by atoms with Gasteiger partial charge in [-0.25, -0.2) is 18.0 Å². The third-order valence-corrected chi connectivity index (χ3v) is 13.4. The fourth-order valence-corrected chi connectivity index (χ4v) is 9.78. The zero-order valence-corrected chi connectivity index (χ0v) is 34.7. The van der Waals surface area contributed by atoms with Crippen molar-refractivity contribution in [1.82, 2.24) is 24.8 Å². The third kappa shape index (κ3) is 8.11. The second-order valence-corrected chi connectivity index (χ2v) is 24.0. The number of hydrogen-bond acceptors (Lipinski definition) is 10. The van der Waals surface area contributed by atoms with Crippen LogP contribution in [0.2, 0.25) is 25.7 Å². The summed E-state index contributed by atoms with van der Waals surface area (Å²) in [4.78, 5) is 33.5. The van der Waals surface area contributed by atoms with Crippen LogP contribution in [0.5, 0.6) is 11.8 Å². The topological polar surface area (TPSA) is 102 Å². The molecule has 1 amide bonds. The molecule has 57 heavy (non-hydrogen) atoms. The van der Waals surface area contributed by atoms with Gasteiger partial charge in [0.15, 0.2) is 12.6 Å². The van der Waals surface area contributed by atoms with Crippen LogP contribution in [-0.4, -0.2) is 114 Å². The van der Waals surface area contributed by atoms with E-state index >= 15 is 8.78 Å². The SMILES string of the molecule is CC(C)(C)OC(=O)N1[C@@H]2CC[C@H]1CN(c1nc(OCC34CCCN3CC(F)C4)nc3c(F)c(-c4cc(OCOCC[Si](C)(C)C)cc5cccc(F)c45)ncc13)C2. The fraction of sp³-hybridized carbons (Fsp3) is 0.571. The lowest BCUT2D eigenvalue weighted by Crippen LogP contribution is -2.57. The molecule has 4 fully saturated rings. The van der Waals surface area contributed by atoms with Gasteiger partial charge in [-0.3, -0.25) is 14.8 Å². The van der Waals surface area contributed by atoms with Crippen molar-refractivity contribution in [2.24, 2.45) is 0 Å². The van der Waals surface area contributed by atoms with Gasteiger partial charge in [-0.15, -0.1) is 0 Å². The van der Waals surface area contributed by atoms with Gasteiger partial charge in [-0.1, -0.05) is 31.8 Å². The number of nitrogens with zero attached hydrogens (tertiary/aromatic N) is 6. The van der Waals surface area contributed by atoms with Crippen LogP contribution >= 0.6 is 0 Å². The van der Waals surface area contributed by atoms with Crippen LogP contribution in [0.4, 0.5) is 23.8 Å². The average Bonchev–Trinajstić information content (AvgIpc) is 3.75. The molecule has 2 bridgehead atoms. The number of rotatable bonds is 11. The van der Waals surface area contributed by atoms with Crippen molar-refractivity contribution in [1.29, 1.82) is 0 Å². The number of ether oxygens (including phenoxy) is 4. The Morgan fingerprint density at radius 2 is 1.81 bits per heavy atom. The van der Waals surface area contributed by atoms with Gasteiger partial charge in [-0.2, -0.15) is 9.97 Å². The van der Waals surface area contributed by atoms with Crippen molar-refractivity contribution in [2.75, 3.05) is 51.1 Å². The normalized spacial score (nSPS) is 23.8. The number of alkyl halides is 1. The highest BCUT2D eigenvalue weighted by Crippen LogP contribution is 2.42. The highest BCUT2D eigenvalue weighted by molar-refractivity contribution is 6.76. The van der Waals surface area contributed by atoms with Gasteiger partial charge in [0.05, 0.1) is 23.0 Å². The lowest BCUT2D eigenvalue weighted by molar-refractivity contribution is 0.0122. The third-order valence-electron chi connectivity index (χ3n) is 11.7. The van der Waals surface area contributed by atoms with Crippen molar-refractivity contribution in [3.05, 3.63) is 48.2 Å². The molecular weight excluding hydrogens is 754 g/mol. The molecule has 0 radical (unpaired) electrons. The van der Waals surface area contributed by atoms with Gasteiger partial charge in [0.1, 0.15) is 47.0 Å². The summed E-state index contributed by atoms with van der Waals surface area (Å²) in [5.74, 6) is -0.496. The van der Waals surface area contributed by atoms with E-state index in [1.165, 1.54) is 12.3 Å². The van der Waals surface area contributed by atoms with E-state index in [0.717, 1.165) is 38.3 Å². The molecule has 306 valence electrons. The van der Waals surface area contributed by atoms with Crippen LogP contribution in [-0.2, 0) is 9.47 Å². The summed E-state index contributed by atoms with van der Waals surface area (Å²) in [7, 11) is -1.30. The Balaban J connectivity index is 1.17. The van der Waals surface area contributed by atoms with Gasteiger partial charge in [0, 0.05) is 57.9 Å². The summed E-state index contributed by atoms with van der Waals surface area (Å²) in [6, 6.07) is 8.60. The molecule has 4 saturated heterocycles. The predicted molar refractivity (Wildman–Crippen MR) is 215 cm³/mol. The first-order chi connectivity index (χ1) is 27.1. The Labute approximate surface area is 332 Å². The van der Waals surface area contributed by atoms with E-state index in [4.69, 9.17) is 23.9 Å². The number of aromatic nitrogens is 3. The summed E-state index contributed by atoms with van der Waals surface area (Å²) >= 11 is 0. The summed E-state index contributed by atoms with van der Waals surface area (Å²) < 4.78 is 71.5. The summed E-state index contributed by atoms with van der Waals surface area (Å²) in [5, 5.41) is 1.06. The highest BCUT2D eigenvalue weighted by atomic mass is 28.3. The van der Waals surface area contributed by atoms with E-state index in [0.29, 0.717) is 55.0 Å². The zero-order valence-electron chi connectivity index (χ0n) is 33.7. The Morgan fingerprint density at radius 3 is 2.54 bits per heavy atom. The number of carbonyl (C=O) groups is 1. The number of piperazine rings is 1. The number of benzene rings is 2. The molecule has 15 heteroatoms. The monoisotopic (exact) mass is 806 g/mol. The maximum Gasteiger partial charge on any atom is 0.410 e. The molecule has 4 atom stereocenters.